The van der Waals surface area contributed by atoms with E-state index in [0.717, 1.165) is 25.9 Å². The largest absolute Gasteiger partial charge is 0.337 e. The van der Waals surface area contributed by atoms with Crippen molar-refractivity contribution in [3.8, 4) is 0 Å². The minimum atomic E-state index is -0.331. The average molecular weight is 181 g/mol. The number of hydrogen-bond acceptors (Lipinski definition) is 2. The van der Waals surface area contributed by atoms with Gasteiger partial charge in [0, 0.05) is 19.3 Å². The molecular formula is C8H11N3O2. The van der Waals surface area contributed by atoms with Crippen LogP contribution in [-0.2, 0) is 0 Å². The summed E-state index contributed by atoms with van der Waals surface area (Å²) in [5, 5.41) is 0. The van der Waals surface area contributed by atoms with Gasteiger partial charge in [0.25, 0.3) is 5.91 Å². The molecule has 1 aliphatic heterocycles. The monoisotopic (exact) mass is 181 g/mol. The van der Waals surface area contributed by atoms with E-state index in [4.69, 9.17) is 0 Å². The predicted molar refractivity (Wildman–Crippen MR) is 46.6 cm³/mol. The molecule has 70 valence electrons. The molecule has 13 heavy (non-hydrogen) atoms. The molecule has 0 radical (unpaired) electrons. The predicted octanol–water partition coefficient (Wildman–Crippen LogP) is -0.0610. The molecule has 1 saturated heterocycles. The van der Waals surface area contributed by atoms with Crippen LogP contribution in [-0.4, -0.2) is 33.9 Å². The molecule has 2 heterocycles. The van der Waals surface area contributed by atoms with Gasteiger partial charge in [0.05, 0.1) is 0 Å². The Labute approximate surface area is 74.8 Å². The van der Waals surface area contributed by atoms with Crippen LogP contribution >= 0.6 is 0 Å². The number of H-pyrrole nitrogens is 2. The Morgan fingerprint density at radius 1 is 1.38 bits per heavy atom. The van der Waals surface area contributed by atoms with Crippen molar-refractivity contribution >= 4 is 5.91 Å². The summed E-state index contributed by atoms with van der Waals surface area (Å²) in [5.41, 5.74) is 0.0226. The van der Waals surface area contributed by atoms with Crippen molar-refractivity contribution in [3.05, 3.63) is 22.4 Å². The SMILES string of the molecule is O=C(c1c[nH]c(=O)[nH]1)N1CCCC1. The Balaban J connectivity index is 2.16. The molecule has 0 unspecified atom stereocenters. The maximum Gasteiger partial charge on any atom is 0.323 e. The summed E-state index contributed by atoms with van der Waals surface area (Å²) in [6, 6.07) is 0. The van der Waals surface area contributed by atoms with E-state index in [1.54, 1.807) is 4.90 Å². The molecule has 1 amide bonds. The number of hydrogen-bond donors (Lipinski definition) is 2. The van der Waals surface area contributed by atoms with Gasteiger partial charge >= 0.3 is 5.69 Å². The molecule has 0 atom stereocenters. The summed E-state index contributed by atoms with van der Waals surface area (Å²) in [6.45, 7) is 1.60. The molecule has 1 fully saturated rings. The van der Waals surface area contributed by atoms with Gasteiger partial charge < -0.3 is 14.9 Å². The zero-order chi connectivity index (χ0) is 9.26. The van der Waals surface area contributed by atoms with Crippen molar-refractivity contribution in [2.75, 3.05) is 13.1 Å². The first-order valence-electron chi connectivity index (χ1n) is 4.34. The Bertz CT molecular complexity index is 359. The van der Waals surface area contributed by atoms with Gasteiger partial charge in [-0.05, 0) is 12.8 Å². The minimum Gasteiger partial charge on any atom is -0.337 e. The number of amides is 1. The summed E-state index contributed by atoms with van der Waals surface area (Å²) in [5.74, 6) is -0.0872. The van der Waals surface area contributed by atoms with Crippen molar-refractivity contribution in [2.45, 2.75) is 12.8 Å². The number of nitrogens with one attached hydrogen (secondary N) is 2. The third-order valence-corrected chi connectivity index (χ3v) is 2.22. The van der Waals surface area contributed by atoms with Gasteiger partial charge in [0.15, 0.2) is 0 Å². The smallest absolute Gasteiger partial charge is 0.323 e. The zero-order valence-corrected chi connectivity index (χ0v) is 7.17. The van der Waals surface area contributed by atoms with Crippen molar-refractivity contribution in [2.24, 2.45) is 0 Å². The van der Waals surface area contributed by atoms with E-state index in [2.05, 4.69) is 9.97 Å². The Morgan fingerprint density at radius 3 is 2.62 bits per heavy atom. The van der Waals surface area contributed by atoms with E-state index in [0.29, 0.717) is 5.69 Å². The molecule has 2 N–H and O–H groups in total. The van der Waals surface area contributed by atoms with Gasteiger partial charge in [-0.1, -0.05) is 0 Å². The van der Waals surface area contributed by atoms with Crippen molar-refractivity contribution in [3.63, 3.8) is 0 Å². The van der Waals surface area contributed by atoms with Crippen LogP contribution in [0.5, 0.6) is 0 Å². The summed E-state index contributed by atoms with van der Waals surface area (Å²) < 4.78 is 0. The van der Waals surface area contributed by atoms with Crippen LogP contribution in [0.1, 0.15) is 23.3 Å². The third kappa shape index (κ3) is 1.49. The molecule has 0 saturated carbocycles. The van der Waals surface area contributed by atoms with Crippen LogP contribution in [0.3, 0.4) is 0 Å². The van der Waals surface area contributed by atoms with Crippen LogP contribution in [0.15, 0.2) is 11.0 Å². The summed E-state index contributed by atoms with van der Waals surface area (Å²) in [4.78, 5) is 28.9. The number of imidazole rings is 1. The maximum absolute atomic E-state index is 11.6. The Hall–Kier alpha value is -1.52. The van der Waals surface area contributed by atoms with Gasteiger partial charge in [-0.2, -0.15) is 0 Å². The number of aromatic nitrogens is 2. The normalized spacial score (nSPS) is 16.5. The Morgan fingerprint density at radius 2 is 2.08 bits per heavy atom. The molecule has 0 spiro atoms. The first-order valence-corrected chi connectivity index (χ1v) is 4.34. The van der Waals surface area contributed by atoms with E-state index in [1.165, 1.54) is 6.20 Å². The minimum absolute atomic E-state index is 0.0872. The molecule has 0 aromatic carbocycles. The number of aromatic amines is 2. The number of nitrogens with zero attached hydrogens (tertiary/aromatic N) is 1. The molecule has 1 aromatic rings. The van der Waals surface area contributed by atoms with Crippen LogP contribution < -0.4 is 5.69 Å². The zero-order valence-electron chi connectivity index (χ0n) is 7.17. The highest BCUT2D eigenvalue weighted by Gasteiger charge is 2.20. The third-order valence-electron chi connectivity index (χ3n) is 2.22. The van der Waals surface area contributed by atoms with E-state index in [-0.39, 0.29) is 11.6 Å². The number of likely N-dealkylation sites (tertiary alicyclic amines) is 1. The fraction of sp³-hybridized carbons (Fsp3) is 0.500. The second-order valence-electron chi connectivity index (χ2n) is 3.16. The lowest BCUT2D eigenvalue weighted by Crippen LogP contribution is -2.28. The van der Waals surface area contributed by atoms with Gasteiger partial charge in [-0.25, -0.2) is 4.79 Å². The topological polar surface area (TPSA) is 69.0 Å². The highest BCUT2D eigenvalue weighted by molar-refractivity contribution is 5.92. The molecule has 0 bridgehead atoms. The fourth-order valence-electron chi connectivity index (χ4n) is 1.54. The van der Waals surface area contributed by atoms with Crippen molar-refractivity contribution in [1.29, 1.82) is 0 Å². The molecule has 2 rings (SSSR count). The second-order valence-corrected chi connectivity index (χ2v) is 3.16. The first-order chi connectivity index (χ1) is 6.27. The highest BCUT2D eigenvalue weighted by Crippen LogP contribution is 2.09. The molecule has 5 heteroatoms. The molecule has 1 aromatic heterocycles. The van der Waals surface area contributed by atoms with Gasteiger partial charge in [0.2, 0.25) is 0 Å². The lowest BCUT2D eigenvalue weighted by Gasteiger charge is -2.12. The molecular weight excluding hydrogens is 170 g/mol. The molecule has 5 nitrogen and oxygen atoms in total. The standard InChI is InChI=1S/C8H11N3O2/c12-7(11-3-1-2-4-11)6-5-9-8(13)10-6/h5H,1-4H2,(H2,9,10,13). The van der Waals surface area contributed by atoms with Gasteiger partial charge in [-0.15, -0.1) is 0 Å². The van der Waals surface area contributed by atoms with Crippen molar-refractivity contribution in [1.82, 2.24) is 14.9 Å². The summed E-state index contributed by atoms with van der Waals surface area (Å²) >= 11 is 0. The van der Waals surface area contributed by atoms with Crippen molar-refractivity contribution < 1.29 is 4.79 Å². The lowest BCUT2D eigenvalue weighted by molar-refractivity contribution is 0.0787. The number of carbonyl (C=O) groups is 1. The fourth-order valence-corrected chi connectivity index (χ4v) is 1.54. The summed E-state index contributed by atoms with van der Waals surface area (Å²) in [7, 11) is 0. The lowest BCUT2D eigenvalue weighted by atomic mass is 10.4. The quantitative estimate of drug-likeness (QED) is 0.637. The van der Waals surface area contributed by atoms with Crippen LogP contribution in [0.4, 0.5) is 0 Å². The second kappa shape index (κ2) is 3.08. The van der Waals surface area contributed by atoms with Gasteiger partial charge in [-0.3, -0.25) is 4.79 Å². The van der Waals surface area contributed by atoms with E-state index in [1.807, 2.05) is 0 Å². The van der Waals surface area contributed by atoms with E-state index in [9.17, 15) is 9.59 Å². The highest BCUT2D eigenvalue weighted by atomic mass is 16.2. The van der Waals surface area contributed by atoms with E-state index < -0.39 is 0 Å². The van der Waals surface area contributed by atoms with Crippen LogP contribution in [0.2, 0.25) is 0 Å². The average Bonchev–Trinajstić information content (AvgIpc) is 2.72. The van der Waals surface area contributed by atoms with Crippen LogP contribution in [0.25, 0.3) is 0 Å². The first kappa shape index (κ1) is 8.10. The summed E-state index contributed by atoms with van der Waals surface area (Å²) in [6.07, 6.45) is 3.53. The molecule has 0 aliphatic carbocycles. The van der Waals surface area contributed by atoms with Gasteiger partial charge in [0.1, 0.15) is 5.69 Å². The van der Waals surface area contributed by atoms with E-state index >= 15 is 0 Å². The molecule has 1 aliphatic rings. The Kier molecular flexibility index (Phi) is 1.92. The number of carbonyl (C=O) groups excluding carboxylic acids is 1. The maximum atomic E-state index is 11.6. The number of rotatable bonds is 1. The van der Waals surface area contributed by atoms with Crippen LogP contribution in [0, 0.1) is 0 Å².